The molecule has 1 fully saturated rings. The summed E-state index contributed by atoms with van der Waals surface area (Å²) in [6, 6.07) is 6.03. The van der Waals surface area contributed by atoms with Gasteiger partial charge in [-0.05, 0) is 49.3 Å². The van der Waals surface area contributed by atoms with E-state index in [0.29, 0.717) is 13.0 Å². The van der Waals surface area contributed by atoms with Crippen LogP contribution in [0, 0.1) is 25.7 Å². The number of carboxylic acids is 1. The largest absolute Gasteiger partial charge is 0.481 e. The Morgan fingerprint density at radius 3 is 2.67 bits per heavy atom. The molecular formula is C17H23NO3. The fourth-order valence-electron chi connectivity index (χ4n) is 3.01. The van der Waals surface area contributed by atoms with Crippen LogP contribution in [0.2, 0.25) is 0 Å². The van der Waals surface area contributed by atoms with Crippen molar-refractivity contribution in [3.05, 3.63) is 34.9 Å². The first-order chi connectivity index (χ1) is 9.97. The van der Waals surface area contributed by atoms with Crippen molar-refractivity contribution in [2.24, 2.45) is 11.8 Å². The number of carboxylic acid groups (broad SMARTS) is 1. The molecule has 0 aromatic heterocycles. The zero-order chi connectivity index (χ0) is 15.4. The van der Waals surface area contributed by atoms with Gasteiger partial charge in [0.1, 0.15) is 0 Å². The molecule has 0 heterocycles. The van der Waals surface area contributed by atoms with Crippen LogP contribution in [-0.4, -0.2) is 23.5 Å². The SMILES string of the molecule is Cc1ccc(CC(=O)NCC2CCCC2C(=O)O)cc1C. The highest BCUT2D eigenvalue weighted by Crippen LogP contribution is 2.31. The zero-order valence-electron chi connectivity index (χ0n) is 12.7. The van der Waals surface area contributed by atoms with Crippen molar-refractivity contribution >= 4 is 11.9 Å². The first-order valence-corrected chi connectivity index (χ1v) is 7.53. The van der Waals surface area contributed by atoms with E-state index in [0.717, 1.165) is 24.8 Å². The van der Waals surface area contributed by atoms with Crippen molar-refractivity contribution in [1.29, 1.82) is 0 Å². The monoisotopic (exact) mass is 289 g/mol. The van der Waals surface area contributed by atoms with Crippen LogP contribution in [0.15, 0.2) is 18.2 Å². The average Bonchev–Trinajstić information content (AvgIpc) is 2.89. The van der Waals surface area contributed by atoms with Crippen molar-refractivity contribution in [2.45, 2.75) is 39.5 Å². The molecule has 2 unspecified atom stereocenters. The average molecular weight is 289 g/mol. The molecule has 4 nitrogen and oxygen atoms in total. The zero-order valence-corrected chi connectivity index (χ0v) is 12.7. The maximum atomic E-state index is 12.0. The number of benzene rings is 1. The maximum absolute atomic E-state index is 12.0. The number of nitrogens with one attached hydrogen (secondary N) is 1. The Morgan fingerprint density at radius 1 is 1.24 bits per heavy atom. The van der Waals surface area contributed by atoms with Crippen molar-refractivity contribution in [3.8, 4) is 0 Å². The molecule has 1 aliphatic carbocycles. The van der Waals surface area contributed by atoms with E-state index in [9.17, 15) is 9.59 Å². The molecular weight excluding hydrogens is 266 g/mol. The van der Waals surface area contributed by atoms with Crippen LogP contribution < -0.4 is 5.32 Å². The molecule has 114 valence electrons. The Balaban J connectivity index is 1.84. The van der Waals surface area contributed by atoms with Crippen LogP contribution >= 0.6 is 0 Å². The molecule has 21 heavy (non-hydrogen) atoms. The minimum absolute atomic E-state index is 0.0331. The van der Waals surface area contributed by atoms with Gasteiger partial charge >= 0.3 is 5.97 Å². The normalized spacial score (nSPS) is 21.2. The summed E-state index contributed by atoms with van der Waals surface area (Å²) in [5.74, 6) is -0.992. The highest BCUT2D eigenvalue weighted by molar-refractivity contribution is 5.78. The predicted octanol–water partition coefficient (Wildman–Crippen LogP) is 2.46. The number of hydrogen-bond acceptors (Lipinski definition) is 2. The molecule has 1 aliphatic rings. The quantitative estimate of drug-likeness (QED) is 0.875. The van der Waals surface area contributed by atoms with Crippen LogP contribution in [0.3, 0.4) is 0 Å². The van der Waals surface area contributed by atoms with Crippen LogP contribution in [0.1, 0.15) is 36.0 Å². The summed E-state index contributed by atoms with van der Waals surface area (Å²) in [5, 5.41) is 12.0. The van der Waals surface area contributed by atoms with Gasteiger partial charge in [-0.1, -0.05) is 24.6 Å². The third kappa shape index (κ3) is 4.06. The lowest BCUT2D eigenvalue weighted by Gasteiger charge is -2.16. The predicted molar refractivity (Wildman–Crippen MR) is 81.1 cm³/mol. The van der Waals surface area contributed by atoms with Gasteiger partial charge in [0.15, 0.2) is 0 Å². The third-order valence-electron chi connectivity index (χ3n) is 4.47. The first kappa shape index (κ1) is 15.5. The fourth-order valence-corrected chi connectivity index (χ4v) is 3.01. The standard InChI is InChI=1S/C17H23NO3/c1-11-6-7-13(8-12(11)2)9-16(19)18-10-14-4-3-5-15(14)17(20)21/h6-8,14-15H,3-5,9-10H2,1-2H3,(H,18,19)(H,20,21). The molecule has 1 amide bonds. The summed E-state index contributed by atoms with van der Waals surface area (Å²) < 4.78 is 0. The molecule has 4 heteroatoms. The molecule has 1 saturated carbocycles. The maximum Gasteiger partial charge on any atom is 0.306 e. The molecule has 0 aliphatic heterocycles. The summed E-state index contributed by atoms with van der Waals surface area (Å²) >= 11 is 0. The van der Waals surface area contributed by atoms with Gasteiger partial charge in [0, 0.05) is 6.54 Å². The van der Waals surface area contributed by atoms with Crippen LogP contribution in [0.5, 0.6) is 0 Å². The number of rotatable bonds is 5. The third-order valence-corrected chi connectivity index (χ3v) is 4.47. The topological polar surface area (TPSA) is 66.4 Å². The summed E-state index contributed by atoms with van der Waals surface area (Å²) in [5.41, 5.74) is 3.40. The van der Waals surface area contributed by atoms with Gasteiger partial charge in [0.2, 0.25) is 5.91 Å². The minimum Gasteiger partial charge on any atom is -0.481 e. The van der Waals surface area contributed by atoms with E-state index in [2.05, 4.69) is 5.32 Å². The summed E-state index contributed by atoms with van der Waals surface area (Å²) in [6.07, 6.45) is 2.91. The Hall–Kier alpha value is -1.84. The summed E-state index contributed by atoms with van der Waals surface area (Å²) in [4.78, 5) is 23.1. The van der Waals surface area contributed by atoms with Crippen molar-refractivity contribution in [3.63, 3.8) is 0 Å². The number of carbonyl (C=O) groups is 2. The lowest BCUT2D eigenvalue weighted by molar-refractivity contribution is -0.143. The molecule has 1 aromatic carbocycles. The van der Waals surface area contributed by atoms with Gasteiger partial charge in [0.25, 0.3) is 0 Å². The number of amides is 1. The highest BCUT2D eigenvalue weighted by atomic mass is 16.4. The van der Waals surface area contributed by atoms with Crippen molar-refractivity contribution < 1.29 is 14.7 Å². The number of carbonyl (C=O) groups excluding carboxylic acids is 1. The van der Waals surface area contributed by atoms with Crippen LogP contribution in [-0.2, 0) is 16.0 Å². The second kappa shape index (κ2) is 6.74. The second-order valence-corrected chi connectivity index (χ2v) is 6.04. The number of aryl methyl sites for hydroxylation is 2. The summed E-state index contributed by atoms with van der Waals surface area (Å²) in [6.45, 7) is 4.55. The smallest absolute Gasteiger partial charge is 0.306 e. The minimum atomic E-state index is -0.735. The molecule has 2 atom stereocenters. The van der Waals surface area contributed by atoms with Gasteiger partial charge in [-0.2, -0.15) is 0 Å². The molecule has 1 aromatic rings. The lowest BCUT2D eigenvalue weighted by Crippen LogP contribution is -2.33. The van der Waals surface area contributed by atoms with E-state index in [-0.39, 0.29) is 17.7 Å². The van der Waals surface area contributed by atoms with Crippen LogP contribution in [0.25, 0.3) is 0 Å². The summed E-state index contributed by atoms with van der Waals surface area (Å²) in [7, 11) is 0. The van der Waals surface area contributed by atoms with E-state index in [1.165, 1.54) is 11.1 Å². The Labute approximate surface area is 125 Å². The van der Waals surface area contributed by atoms with Gasteiger partial charge < -0.3 is 10.4 Å². The Bertz CT molecular complexity index is 539. The highest BCUT2D eigenvalue weighted by Gasteiger charge is 2.32. The second-order valence-electron chi connectivity index (χ2n) is 6.04. The fraction of sp³-hybridized carbons (Fsp3) is 0.529. The van der Waals surface area contributed by atoms with Gasteiger partial charge in [-0.3, -0.25) is 9.59 Å². The van der Waals surface area contributed by atoms with E-state index in [1.807, 2.05) is 32.0 Å². The van der Waals surface area contributed by atoms with Crippen LogP contribution in [0.4, 0.5) is 0 Å². The van der Waals surface area contributed by atoms with Crippen molar-refractivity contribution in [2.75, 3.05) is 6.54 Å². The molecule has 0 bridgehead atoms. The lowest BCUT2D eigenvalue weighted by atomic mass is 9.96. The van der Waals surface area contributed by atoms with E-state index in [1.54, 1.807) is 0 Å². The van der Waals surface area contributed by atoms with E-state index in [4.69, 9.17) is 5.11 Å². The Kier molecular flexibility index (Phi) is 4.99. The Morgan fingerprint density at radius 2 is 2.00 bits per heavy atom. The van der Waals surface area contributed by atoms with Gasteiger partial charge in [-0.15, -0.1) is 0 Å². The molecule has 2 rings (SSSR count). The van der Waals surface area contributed by atoms with Gasteiger partial charge in [0.05, 0.1) is 12.3 Å². The van der Waals surface area contributed by atoms with E-state index >= 15 is 0 Å². The molecule has 0 saturated heterocycles. The first-order valence-electron chi connectivity index (χ1n) is 7.53. The van der Waals surface area contributed by atoms with E-state index < -0.39 is 5.97 Å². The molecule has 0 spiro atoms. The molecule has 0 radical (unpaired) electrons. The van der Waals surface area contributed by atoms with Crippen molar-refractivity contribution in [1.82, 2.24) is 5.32 Å². The molecule has 2 N–H and O–H groups in total. The van der Waals surface area contributed by atoms with Gasteiger partial charge in [-0.25, -0.2) is 0 Å². The number of aliphatic carboxylic acids is 1. The number of hydrogen-bond donors (Lipinski definition) is 2.